The molecule has 3 rings (SSSR count). The van der Waals surface area contributed by atoms with Crippen LogP contribution in [0, 0.1) is 0 Å². The molecule has 0 aromatic heterocycles. The lowest BCUT2D eigenvalue weighted by Gasteiger charge is -2.45. The van der Waals surface area contributed by atoms with Crippen LogP contribution in [0.3, 0.4) is 0 Å². The smallest absolute Gasteiger partial charge is 0.188 e. The topological polar surface area (TPSA) is 432 Å². The van der Waals surface area contributed by atoms with Gasteiger partial charge in [0.05, 0.1) is 38.3 Å². The number of carbonyl (C=O) groups excluding carboxylic acids is 1. The fraction of sp³-hybridized carbons (Fsp3) is 0.889. The molecule has 2 aliphatic heterocycles. The van der Waals surface area contributed by atoms with E-state index in [1.807, 2.05) is 0 Å². The summed E-state index contributed by atoms with van der Waals surface area (Å²) in [4.78, 5) is 19.7. The molecule has 19 atom stereocenters. The summed E-state index contributed by atoms with van der Waals surface area (Å²) in [5.41, 5.74) is 13.9. The molecule has 3 aliphatic rings. The predicted molar refractivity (Wildman–Crippen MR) is 168 cm³/mol. The van der Waals surface area contributed by atoms with E-state index in [0.717, 1.165) is 6.34 Å². The van der Waals surface area contributed by atoms with Gasteiger partial charge in [-0.1, -0.05) is 0 Å². The van der Waals surface area contributed by atoms with Gasteiger partial charge < -0.3 is 108 Å². The second-order valence-electron chi connectivity index (χ2n) is 12.1. The first-order chi connectivity index (χ1) is 23.9. The average Bonchev–Trinajstić information content (AvgIpc) is 3.34. The van der Waals surface area contributed by atoms with E-state index in [9.17, 15) is 40.5 Å². The molecule has 0 radical (unpaired) electrons. The van der Waals surface area contributed by atoms with Crippen LogP contribution in [0.1, 0.15) is 6.92 Å². The Hall–Kier alpha value is -2.31. The van der Waals surface area contributed by atoms with Crippen LogP contribution in [0.5, 0.6) is 0 Å². The summed E-state index contributed by atoms with van der Waals surface area (Å²) in [6, 6.07) is -3.88. The summed E-state index contributed by atoms with van der Waals surface area (Å²) in [7, 11) is 1.43. The molecular weight excluding hydrogens is 696 g/mol. The number of aliphatic imine (C=N–C) groups is 2. The molecule has 3 fully saturated rings. The molecule has 1 saturated carbocycles. The number of aliphatic hydroxyl groups excluding tert-OH is 12. The summed E-state index contributed by atoms with van der Waals surface area (Å²) in [6.07, 6.45) is -22.5. The van der Waals surface area contributed by atoms with Crippen LogP contribution in [0.2, 0.25) is 0 Å². The Kier molecular flexibility index (Phi) is 17.3. The highest BCUT2D eigenvalue weighted by Gasteiger charge is 2.60. The third-order valence-electron chi connectivity index (χ3n) is 8.81. The first kappa shape index (κ1) is 44.8. The standard InChI is InChI=1S/C21H38N6O12.C6H14O6/c1-6-21(35,4-29)17(39-18-10(25-2)14(33)11(30)7(3-28)37-18)19(36-6)38-16-9(27-20(23)24)12(31)8(26-5-22)13(32)15(16)34;7-1-3(9)5(11)6(12)4(10)2-8/h4-19,25,28,30-35H,3H2,1-2H3,(H2,22,26)(H4,23,24,27);3-12H,1-2H2/t6-,7-,8+,9-,10-,11-,12-,13-,14-,15+,16+,17-,18-,19+,21+;3-,4-,5-,6-/m01/s1. The van der Waals surface area contributed by atoms with Crippen molar-refractivity contribution in [1.29, 1.82) is 0 Å². The summed E-state index contributed by atoms with van der Waals surface area (Å²) < 4.78 is 22.9. The number of nitrogens with two attached hydrogens (primary N) is 3. The van der Waals surface area contributed by atoms with Gasteiger partial charge in [-0.3, -0.25) is 9.79 Å². The number of guanidine groups is 1. The number of hydrogen-bond donors (Lipinski definition) is 17. The summed E-state index contributed by atoms with van der Waals surface area (Å²) in [5.74, 6) is -0.500. The Labute approximate surface area is 291 Å². The van der Waals surface area contributed by atoms with E-state index < -0.39 is 141 Å². The van der Waals surface area contributed by atoms with E-state index in [1.165, 1.54) is 14.0 Å². The Morgan fingerprint density at radius 2 is 1.43 bits per heavy atom. The van der Waals surface area contributed by atoms with Gasteiger partial charge in [0.15, 0.2) is 30.4 Å². The highest BCUT2D eigenvalue weighted by Crippen LogP contribution is 2.38. The Morgan fingerprint density at radius 1 is 0.863 bits per heavy atom. The minimum atomic E-state index is -2.36. The van der Waals surface area contributed by atoms with Gasteiger partial charge in [-0.15, -0.1) is 0 Å². The molecule has 0 spiro atoms. The van der Waals surface area contributed by atoms with Gasteiger partial charge in [-0.2, -0.15) is 0 Å². The predicted octanol–water partition coefficient (Wildman–Crippen LogP) is -11.0. The molecule has 24 heteroatoms. The van der Waals surface area contributed by atoms with Crippen LogP contribution in [-0.2, 0) is 23.7 Å². The quantitative estimate of drug-likeness (QED) is 0.0445. The monoisotopic (exact) mass is 748 g/mol. The van der Waals surface area contributed by atoms with Crippen molar-refractivity contribution in [3.8, 4) is 0 Å². The van der Waals surface area contributed by atoms with Gasteiger partial charge in [0.1, 0.15) is 85.3 Å². The van der Waals surface area contributed by atoms with Crippen molar-refractivity contribution >= 4 is 18.6 Å². The van der Waals surface area contributed by atoms with Crippen LogP contribution < -0.4 is 22.5 Å². The summed E-state index contributed by atoms with van der Waals surface area (Å²) in [5, 5.41) is 129. The molecule has 0 aromatic rings. The van der Waals surface area contributed by atoms with Gasteiger partial charge in [-0.25, -0.2) is 4.99 Å². The van der Waals surface area contributed by atoms with Crippen molar-refractivity contribution in [1.82, 2.24) is 5.32 Å². The third kappa shape index (κ3) is 10.0. The van der Waals surface area contributed by atoms with Crippen LogP contribution in [0.4, 0.5) is 0 Å². The SMILES string of the molecule is CN[C@@H]1[C@H](O[C@H]2[C@@H](O[C@H]3[C@H](O)[C@@H](O)[C@H](N=CN)[C@H](O)[C@@H]3N=C(N)N)O[C@@H](C)[C@]2(O)C=O)O[C@@H](CO)[C@H](O)[C@H]1O.OC[C@@H](O)[C@@H](O)[C@H](O)[C@H](O)CO. The first-order valence-corrected chi connectivity index (χ1v) is 15.6. The molecule has 2 heterocycles. The lowest BCUT2D eigenvalue weighted by atomic mass is 9.81. The fourth-order valence-corrected chi connectivity index (χ4v) is 5.70. The summed E-state index contributed by atoms with van der Waals surface area (Å²) >= 11 is 0. The molecule has 51 heavy (non-hydrogen) atoms. The number of nitrogens with zero attached hydrogens (tertiary/aromatic N) is 2. The number of likely N-dealkylation sites (N-methyl/N-ethyl adjacent to an activating group) is 1. The number of carbonyl (C=O) groups is 1. The van der Waals surface area contributed by atoms with E-state index in [1.54, 1.807) is 0 Å². The molecule has 298 valence electrons. The Morgan fingerprint density at radius 3 is 1.88 bits per heavy atom. The van der Waals surface area contributed by atoms with Gasteiger partial charge >= 0.3 is 0 Å². The normalized spacial score (nSPS) is 42.3. The van der Waals surface area contributed by atoms with E-state index in [4.69, 9.17) is 66.8 Å². The molecule has 2 saturated heterocycles. The zero-order valence-electron chi connectivity index (χ0n) is 27.6. The lowest BCUT2D eigenvalue weighted by molar-refractivity contribution is -0.314. The van der Waals surface area contributed by atoms with Crippen molar-refractivity contribution < 1.29 is 90.1 Å². The highest BCUT2D eigenvalue weighted by atomic mass is 16.8. The minimum absolute atomic E-state index is 0.151. The number of hydrogen-bond acceptors (Lipinski definition) is 21. The van der Waals surface area contributed by atoms with Gasteiger partial charge in [0.2, 0.25) is 0 Å². The van der Waals surface area contributed by atoms with Crippen molar-refractivity contribution in [3.63, 3.8) is 0 Å². The van der Waals surface area contributed by atoms with Crippen molar-refractivity contribution in [2.75, 3.05) is 26.9 Å². The van der Waals surface area contributed by atoms with E-state index in [0.29, 0.717) is 0 Å². The minimum Gasteiger partial charge on any atom is -0.394 e. The number of nitrogens with one attached hydrogen (secondary N) is 1. The van der Waals surface area contributed by atoms with E-state index >= 15 is 0 Å². The molecule has 24 nitrogen and oxygen atoms in total. The maximum atomic E-state index is 12.0. The highest BCUT2D eigenvalue weighted by molar-refractivity contribution is 5.76. The molecule has 1 aliphatic carbocycles. The van der Waals surface area contributed by atoms with Crippen molar-refractivity contribution in [3.05, 3.63) is 0 Å². The maximum Gasteiger partial charge on any atom is 0.188 e. The number of aliphatic hydroxyl groups is 13. The van der Waals surface area contributed by atoms with Gasteiger partial charge in [0.25, 0.3) is 0 Å². The second kappa shape index (κ2) is 19.7. The molecule has 20 N–H and O–H groups in total. The lowest BCUT2D eigenvalue weighted by Crippen LogP contribution is -2.66. The number of ether oxygens (including phenoxy) is 4. The summed E-state index contributed by atoms with van der Waals surface area (Å²) in [6.45, 7) is -0.811. The molecular formula is C27H52N6O18. The Balaban J connectivity index is 0.000000641. The number of aldehydes is 1. The average molecular weight is 749 g/mol. The van der Waals surface area contributed by atoms with E-state index in [2.05, 4.69) is 15.3 Å². The van der Waals surface area contributed by atoms with Crippen LogP contribution in [0.25, 0.3) is 0 Å². The van der Waals surface area contributed by atoms with Crippen LogP contribution in [0.15, 0.2) is 9.98 Å². The van der Waals surface area contributed by atoms with Crippen LogP contribution >= 0.6 is 0 Å². The molecule has 0 amide bonds. The molecule has 0 bridgehead atoms. The third-order valence-corrected chi connectivity index (χ3v) is 8.81. The zero-order chi connectivity index (χ0) is 39.0. The molecule has 0 unspecified atom stereocenters. The first-order valence-electron chi connectivity index (χ1n) is 15.6. The van der Waals surface area contributed by atoms with Gasteiger partial charge in [0, 0.05) is 0 Å². The number of rotatable bonds is 14. The largest absolute Gasteiger partial charge is 0.394 e. The van der Waals surface area contributed by atoms with Crippen molar-refractivity contribution in [2.45, 2.75) is 123 Å². The van der Waals surface area contributed by atoms with E-state index in [-0.39, 0.29) is 6.29 Å². The Bertz CT molecular complexity index is 1110. The maximum absolute atomic E-state index is 12.0. The van der Waals surface area contributed by atoms with Crippen molar-refractivity contribution in [2.24, 2.45) is 27.2 Å². The zero-order valence-corrected chi connectivity index (χ0v) is 27.6. The van der Waals surface area contributed by atoms with Gasteiger partial charge in [-0.05, 0) is 14.0 Å². The van der Waals surface area contributed by atoms with Crippen LogP contribution in [-0.4, -0.2) is 227 Å². The fourth-order valence-electron chi connectivity index (χ4n) is 5.70. The molecule has 0 aromatic carbocycles. The second-order valence-corrected chi connectivity index (χ2v) is 12.1.